The Bertz CT molecular complexity index is 695. The number of carbonyl (C=O) groups excluding carboxylic acids is 1. The molecule has 0 atom stereocenters. The maximum Gasteiger partial charge on any atom is 0.196 e. The predicted molar refractivity (Wildman–Crippen MR) is 94.3 cm³/mol. The van der Waals surface area contributed by atoms with Gasteiger partial charge in [-0.05, 0) is 29.7 Å². The van der Waals surface area contributed by atoms with Gasteiger partial charge in [-0.25, -0.2) is 0 Å². The maximum absolute atomic E-state index is 12.6. The first-order valence-corrected chi connectivity index (χ1v) is 8.58. The molecule has 0 aliphatic carbocycles. The zero-order chi connectivity index (χ0) is 16.3. The van der Waals surface area contributed by atoms with Crippen LogP contribution in [0.15, 0.2) is 41.6 Å². The number of benzene rings is 1. The van der Waals surface area contributed by atoms with Crippen LogP contribution in [0.1, 0.15) is 36.7 Å². The number of pyridine rings is 1. The number of rotatable bonds is 4. The normalized spacial score (nSPS) is 11.5. The number of aromatic nitrogens is 1. The summed E-state index contributed by atoms with van der Waals surface area (Å²) in [7, 11) is 0. The van der Waals surface area contributed by atoms with E-state index in [1.165, 1.54) is 0 Å². The number of thioether (sulfide) groups is 1. The predicted octanol–water partition coefficient (Wildman–Crippen LogP) is 5.76. The zero-order valence-electron chi connectivity index (χ0n) is 12.7. The van der Waals surface area contributed by atoms with Crippen molar-refractivity contribution in [2.24, 2.45) is 5.41 Å². The minimum Gasteiger partial charge on any atom is -0.288 e. The second-order valence-corrected chi connectivity index (χ2v) is 8.10. The van der Waals surface area contributed by atoms with Crippen LogP contribution in [-0.2, 0) is 0 Å². The molecule has 1 aromatic heterocycles. The van der Waals surface area contributed by atoms with Crippen LogP contribution in [0.3, 0.4) is 0 Å². The van der Waals surface area contributed by atoms with Crippen molar-refractivity contribution in [1.82, 2.24) is 4.98 Å². The lowest BCUT2D eigenvalue weighted by Crippen LogP contribution is -2.08. The molecule has 0 spiro atoms. The van der Waals surface area contributed by atoms with Crippen LogP contribution in [0.2, 0.25) is 10.0 Å². The van der Waals surface area contributed by atoms with Gasteiger partial charge in [0.1, 0.15) is 0 Å². The van der Waals surface area contributed by atoms with Gasteiger partial charge in [-0.15, -0.1) is 11.8 Å². The van der Waals surface area contributed by atoms with E-state index in [1.807, 2.05) is 6.07 Å². The molecule has 22 heavy (non-hydrogen) atoms. The van der Waals surface area contributed by atoms with Gasteiger partial charge < -0.3 is 0 Å². The van der Waals surface area contributed by atoms with Crippen molar-refractivity contribution in [1.29, 1.82) is 0 Å². The third-order valence-corrected chi connectivity index (χ3v) is 4.95. The van der Waals surface area contributed by atoms with Crippen molar-refractivity contribution in [3.63, 3.8) is 0 Å². The molecule has 2 nitrogen and oxygen atoms in total. The third kappa shape index (κ3) is 4.73. The van der Waals surface area contributed by atoms with Crippen molar-refractivity contribution in [2.75, 3.05) is 5.75 Å². The highest BCUT2D eigenvalue weighted by atomic mass is 35.5. The number of hydrogen-bond acceptors (Lipinski definition) is 3. The lowest BCUT2D eigenvalue weighted by molar-refractivity contribution is 0.103. The fourth-order valence-electron chi connectivity index (χ4n) is 1.75. The van der Waals surface area contributed by atoms with Gasteiger partial charge in [0.05, 0.1) is 5.02 Å². The van der Waals surface area contributed by atoms with Crippen molar-refractivity contribution in [3.8, 4) is 0 Å². The molecule has 0 amide bonds. The molecular formula is C17H17Cl2NOS. The molecule has 0 aliphatic heterocycles. The number of ketones is 1. The topological polar surface area (TPSA) is 30.0 Å². The summed E-state index contributed by atoms with van der Waals surface area (Å²) in [5.41, 5.74) is 1.12. The number of hydrogen-bond donors (Lipinski definition) is 0. The molecule has 0 radical (unpaired) electrons. The van der Waals surface area contributed by atoms with Gasteiger partial charge in [-0.3, -0.25) is 9.78 Å². The zero-order valence-corrected chi connectivity index (χ0v) is 15.0. The van der Waals surface area contributed by atoms with Gasteiger partial charge in [0.15, 0.2) is 5.78 Å². The summed E-state index contributed by atoms with van der Waals surface area (Å²) in [6.07, 6.45) is 3.33. The van der Waals surface area contributed by atoms with E-state index in [-0.39, 0.29) is 11.2 Å². The highest BCUT2D eigenvalue weighted by molar-refractivity contribution is 7.99. The molecule has 0 aliphatic rings. The Morgan fingerprint density at radius 1 is 1.18 bits per heavy atom. The van der Waals surface area contributed by atoms with Gasteiger partial charge in [0.25, 0.3) is 0 Å². The summed E-state index contributed by atoms with van der Waals surface area (Å²) in [4.78, 5) is 17.7. The van der Waals surface area contributed by atoms with Gasteiger partial charge in [-0.1, -0.05) is 44.0 Å². The molecule has 5 heteroatoms. The molecule has 1 heterocycles. The first kappa shape index (κ1) is 17.3. The summed E-state index contributed by atoms with van der Waals surface area (Å²) >= 11 is 13.7. The summed E-state index contributed by atoms with van der Waals surface area (Å²) in [5, 5.41) is 0.876. The van der Waals surface area contributed by atoms with E-state index < -0.39 is 0 Å². The van der Waals surface area contributed by atoms with E-state index in [0.29, 0.717) is 21.2 Å². The third-order valence-electron chi connectivity index (χ3n) is 2.82. The fourth-order valence-corrected chi connectivity index (χ4v) is 3.07. The first-order chi connectivity index (χ1) is 10.3. The molecule has 0 saturated heterocycles. The Balaban J connectivity index is 2.25. The Morgan fingerprint density at radius 3 is 2.59 bits per heavy atom. The van der Waals surface area contributed by atoms with E-state index in [4.69, 9.17) is 23.2 Å². The lowest BCUT2D eigenvalue weighted by Gasteiger charge is -2.17. The minimum atomic E-state index is -0.168. The van der Waals surface area contributed by atoms with Crippen molar-refractivity contribution in [2.45, 2.75) is 25.7 Å². The largest absolute Gasteiger partial charge is 0.288 e. The van der Waals surface area contributed by atoms with Crippen LogP contribution in [0.4, 0.5) is 0 Å². The second-order valence-electron chi connectivity index (χ2n) is 6.21. The van der Waals surface area contributed by atoms with Crippen molar-refractivity contribution in [3.05, 3.63) is 57.8 Å². The highest BCUT2D eigenvalue weighted by Crippen LogP contribution is 2.28. The summed E-state index contributed by atoms with van der Waals surface area (Å²) < 4.78 is 0. The summed E-state index contributed by atoms with van der Waals surface area (Å²) in [6.45, 7) is 6.52. The minimum absolute atomic E-state index is 0.168. The van der Waals surface area contributed by atoms with Gasteiger partial charge in [-0.2, -0.15) is 0 Å². The van der Waals surface area contributed by atoms with Crippen LogP contribution in [0.5, 0.6) is 0 Å². The second kappa shape index (κ2) is 7.03. The molecule has 0 bridgehead atoms. The molecule has 0 saturated carbocycles. The Hall–Kier alpha value is -1.03. The van der Waals surface area contributed by atoms with E-state index in [1.54, 1.807) is 42.4 Å². The van der Waals surface area contributed by atoms with Crippen molar-refractivity contribution < 1.29 is 4.79 Å². The first-order valence-electron chi connectivity index (χ1n) is 6.84. The van der Waals surface area contributed by atoms with Crippen LogP contribution in [-0.4, -0.2) is 16.5 Å². The molecular weight excluding hydrogens is 337 g/mol. The van der Waals surface area contributed by atoms with Gasteiger partial charge in [0.2, 0.25) is 0 Å². The van der Waals surface area contributed by atoms with Gasteiger partial charge >= 0.3 is 0 Å². The van der Waals surface area contributed by atoms with E-state index in [2.05, 4.69) is 25.8 Å². The number of nitrogens with zero attached hydrogens (tertiary/aromatic N) is 1. The SMILES string of the molecule is CC(C)(C)CSc1cncc(C(=O)c2cc(Cl)ccc2Cl)c1. The van der Waals surface area contributed by atoms with Gasteiger partial charge in [0, 0.05) is 39.2 Å². The monoisotopic (exact) mass is 353 g/mol. The average molecular weight is 354 g/mol. The van der Waals surface area contributed by atoms with Crippen LogP contribution in [0.25, 0.3) is 0 Å². The van der Waals surface area contributed by atoms with E-state index in [0.717, 1.165) is 10.6 Å². The number of carbonyl (C=O) groups is 1. The smallest absolute Gasteiger partial charge is 0.196 e. The van der Waals surface area contributed by atoms with Crippen LogP contribution in [0, 0.1) is 5.41 Å². The summed E-state index contributed by atoms with van der Waals surface area (Å²) in [5.74, 6) is 0.780. The van der Waals surface area contributed by atoms with E-state index >= 15 is 0 Å². The van der Waals surface area contributed by atoms with Crippen LogP contribution < -0.4 is 0 Å². The Morgan fingerprint density at radius 2 is 1.91 bits per heavy atom. The standard InChI is InChI=1S/C17H17Cl2NOS/c1-17(2,3)10-22-13-6-11(8-20-9-13)16(21)14-7-12(18)4-5-15(14)19/h4-9H,10H2,1-3H3. The Kier molecular flexibility index (Phi) is 5.54. The fraction of sp³-hybridized carbons (Fsp3) is 0.294. The molecule has 2 rings (SSSR count). The highest BCUT2D eigenvalue weighted by Gasteiger charge is 2.16. The molecule has 1 aromatic carbocycles. The van der Waals surface area contributed by atoms with Crippen LogP contribution >= 0.6 is 35.0 Å². The number of halogens is 2. The summed E-state index contributed by atoms with van der Waals surface area (Å²) in [6, 6.07) is 6.72. The average Bonchev–Trinajstić information content (AvgIpc) is 2.46. The van der Waals surface area contributed by atoms with Crippen molar-refractivity contribution >= 4 is 40.7 Å². The molecule has 116 valence electrons. The Labute approximate surface area is 145 Å². The molecule has 0 N–H and O–H groups in total. The van der Waals surface area contributed by atoms with E-state index in [9.17, 15) is 4.79 Å². The molecule has 0 fully saturated rings. The molecule has 2 aromatic rings. The molecule has 0 unspecified atom stereocenters. The lowest BCUT2D eigenvalue weighted by atomic mass is 10.0. The quantitative estimate of drug-likeness (QED) is 0.517. The maximum atomic E-state index is 12.6.